The monoisotopic (exact) mass is 367 g/mol. The maximum Gasteiger partial charge on any atom is 0.262 e. The van der Waals surface area contributed by atoms with Gasteiger partial charge in [0, 0.05) is 16.5 Å². The minimum Gasteiger partial charge on any atom is -0.484 e. The SMILES string of the molecule is O=C(COc1ccccc1)Nc1c(-c2ccc(Cl)cc2)n[nH]c1C1CC1. The molecule has 2 aromatic carbocycles. The molecule has 0 aliphatic heterocycles. The van der Waals surface area contributed by atoms with Crippen LogP contribution in [0, 0.1) is 0 Å². The Morgan fingerprint density at radius 2 is 1.88 bits per heavy atom. The average Bonchev–Trinajstić information content (AvgIpc) is 3.43. The Labute approximate surface area is 156 Å². The number of H-pyrrole nitrogens is 1. The highest BCUT2D eigenvalue weighted by Gasteiger charge is 2.31. The Hall–Kier alpha value is -2.79. The number of nitrogens with zero attached hydrogens (tertiary/aromatic N) is 1. The smallest absolute Gasteiger partial charge is 0.262 e. The van der Waals surface area contributed by atoms with Gasteiger partial charge in [0.05, 0.1) is 11.4 Å². The molecule has 1 aliphatic rings. The fourth-order valence-corrected chi connectivity index (χ4v) is 2.93. The highest BCUT2D eigenvalue weighted by atomic mass is 35.5. The number of benzene rings is 2. The predicted octanol–water partition coefficient (Wildman–Crippen LogP) is 4.63. The third-order valence-corrected chi connectivity index (χ3v) is 4.53. The van der Waals surface area contributed by atoms with E-state index in [0.717, 1.165) is 35.5 Å². The number of amides is 1. The van der Waals surface area contributed by atoms with E-state index in [9.17, 15) is 4.79 Å². The zero-order chi connectivity index (χ0) is 17.9. The molecule has 1 fully saturated rings. The first kappa shape index (κ1) is 16.7. The molecule has 26 heavy (non-hydrogen) atoms. The van der Waals surface area contributed by atoms with Crippen molar-refractivity contribution < 1.29 is 9.53 Å². The molecule has 0 spiro atoms. The quantitative estimate of drug-likeness (QED) is 0.667. The lowest BCUT2D eigenvalue weighted by molar-refractivity contribution is -0.118. The van der Waals surface area contributed by atoms with E-state index in [2.05, 4.69) is 15.5 Å². The van der Waals surface area contributed by atoms with Crippen molar-refractivity contribution >= 4 is 23.2 Å². The van der Waals surface area contributed by atoms with Gasteiger partial charge in [-0.05, 0) is 37.1 Å². The standard InChI is InChI=1S/C20H18ClN3O2/c21-15-10-8-14(9-11-15)19-20(18(23-24-19)13-6-7-13)22-17(25)12-26-16-4-2-1-3-5-16/h1-5,8-11,13H,6-7,12H2,(H,22,25)(H,23,24). The van der Waals surface area contributed by atoms with Crippen LogP contribution in [0.3, 0.4) is 0 Å². The van der Waals surface area contributed by atoms with Gasteiger partial charge in [0.1, 0.15) is 11.4 Å². The number of carbonyl (C=O) groups excluding carboxylic acids is 1. The van der Waals surface area contributed by atoms with Crippen molar-refractivity contribution in [2.24, 2.45) is 0 Å². The van der Waals surface area contributed by atoms with Gasteiger partial charge in [0.15, 0.2) is 6.61 Å². The number of hydrogen-bond donors (Lipinski definition) is 2. The van der Waals surface area contributed by atoms with Crippen molar-refractivity contribution in [2.45, 2.75) is 18.8 Å². The summed E-state index contributed by atoms with van der Waals surface area (Å²) in [5.74, 6) is 0.872. The lowest BCUT2D eigenvalue weighted by Crippen LogP contribution is -2.21. The van der Waals surface area contributed by atoms with Gasteiger partial charge in [-0.3, -0.25) is 9.89 Å². The molecule has 3 aromatic rings. The third-order valence-electron chi connectivity index (χ3n) is 4.28. The Bertz CT molecular complexity index is 903. The average molecular weight is 368 g/mol. The van der Waals surface area contributed by atoms with E-state index >= 15 is 0 Å². The summed E-state index contributed by atoms with van der Waals surface area (Å²) in [5.41, 5.74) is 3.33. The number of nitrogens with one attached hydrogen (secondary N) is 2. The van der Waals surface area contributed by atoms with E-state index in [1.54, 1.807) is 0 Å². The summed E-state index contributed by atoms with van der Waals surface area (Å²) in [6.07, 6.45) is 2.21. The van der Waals surface area contributed by atoms with E-state index in [-0.39, 0.29) is 12.5 Å². The fraction of sp³-hybridized carbons (Fsp3) is 0.200. The summed E-state index contributed by atoms with van der Waals surface area (Å²) in [7, 11) is 0. The van der Waals surface area contributed by atoms with Gasteiger partial charge in [0.25, 0.3) is 5.91 Å². The second-order valence-corrected chi connectivity index (χ2v) is 6.73. The Balaban J connectivity index is 1.53. The van der Waals surface area contributed by atoms with Crippen molar-refractivity contribution in [3.63, 3.8) is 0 Å². The molecule has 0 saturated heterocycles. The van der Waals surface area contributed by atoms with Crippen molar-refractivity contribution in [1.29, 1.82) is 0 Å². The molecule has 132 valence electrons. The fourth-order valence-electron chi connectivity index (χ4n) is 2.81. The molecular weight excluding hydrogens is 350 g/mol. The van der Waals surface area contributed by atoms with Crippen LogP contribution in [0.1, 0.15) is 24.5 Å². The molecule has 1 saturated carbocycles. The van der Waals surface area contributed by atoms with Gasteiger partial charge in [-0.2, -0.15) is 5.10 Å². The molecule has 2 N–H and O–H groups in total. The van der Waals surface area contributed by atoms with Crippen LogP contribution in [0.15, 0.2) is 54.6 Å². The highest BCUT2D eigenvalue weighted by molar-refractivity contribution is 6.30. The molecule has 0 radical (unpaired) electrons. The Kier molecular flexibility index (Phi) is 4.63. The number of carbonyl (C=O) groups is 1. The number of para-hydroxylation sites is 1. The van der Waals surface area contributed by atoms with Crippen LogP contribution in [0.5, 0.6) is 5.75 Å². The van der Waals surface area contributed by atoms with Crippen LogP contribution < -0.4 is 10.1 Å². The van der Waals surface area contributed by atoms with Crippen LogP contribution in [0.4, 0.5) is 5.69 Å². The van der Waals surface area contributed by atoms with Gasteiger partial charge in [-0.25, -0.2) is 0 Å². The summed E-state index contributed by atoms with van der Waals surface area (Å²) in [6, 6.07) is 16.7. The molecule has 1 aromatic heterocycles. The molecule has 0 atom stereocenters. The number of hydrogen-bond acceptors (Lipinski definition) is 3. The van der Waals surface area contributed by atoms with E-state index in [1.165, 1.54) is 0 Å². The second kappa shape index (κ2) is 7.22. The number of halogens is 1. The summed E-state index contributed by atoms with van der Waals surface area (Å²) in [5, 5.41) is 11.1. The lowest BCUT2D eigenvalue weighted by Gasteiger charge is -2.10. The molecule has 6 heteroatoms. The number of rotatable bonds is 6. The van der Waals surface area contributed by atoms with Gasteiger partial charge in [-0.15, -0.1) is 0 Å². The molecule has 1 aliphatic carbocycles. The maximum absolute atomic E-state index is 12.4. The van der Waals surface area contributed by atoms with Crippen LogP contribution in [-0.4, -0.2) is 22.7 Å². The molecule has 4 rings (SSSR count). The molecule has 0 bridgehead atoms. The number of ether oxygens (including phenoxy) is 1. The van der Waals surface area contributed by atoms with Crippen LogP contribution >= 0.6 is 11.6 Å². The van der Waals surface area contributed by atoms with Crippen molar-refractivity contribution in [1.82, 2.24) is 10.2 Å². The van der Waals surface area contributed by atoms with E-state index in [1.807, 2.05) is 54.6 Å². The van der Waals surface area contributed by atoms with E-state index in [0.29, 0.717) is 16.7 Å². The van der Waals surface area contributed by atoms with Gasteiger partial charge < -0.3 is 10.1 Å². The number of aromatic amines is 1. The van der Waals surface area contributed by atoms with Gasteiger partial charge in [0.2, 0.25) is 0 Å². The minimum absolute atomic E-state index is 0.0562. The topological polar surface area (TPSA) is 67.0 Å². The summed E-state index contributed by atoms with van der Waals surface area (Å²) in [4.78, 5) is 12.4. The summed E-state index contributed by atoms with van der Waals surface area (Å²) >= 11 is 5.97. The van der Waals surface area contributed by atoms with Crippen molar-refractivity contribution in [2.75, 3.05) is 11.9 Å². The normalized spacial score (nSPS) is 13.4. The van der Waals surface area contributed by atoms with Crippen molar-refractivity contribution in [3.05, 3.63) is 65.3 Å². The van der Waals surface area contributed by atoms with Gasteiger partial charge in [-0.1, -0.05) is 41.9 Å². The second-order valence-electron chi connectivity index (χ2n) is 6.29. The first-order valence-corrected chi connectivity index (χ1v) is 8.90. The molecule has 5 nitrogen and oxygen atoms in total. The Morgan fingerprint density at radius 3 is 2.58 bits per heavy atom. The minimum atomic E-state index is -0.215. The first-order chi connectivity index (χ1) is 12.7. The van der Waals surface area contributed by atoms with E-state index < -0.39 is 0 Å². The summed E-state index contributed by atoms with van der Waals surface area (Å²) in [6.45, 7) is -0.0562. The third kappa shape index (κ3) is 3.73. The number of anilines is 1. The van der Waals surface area contributed by atoms with Crippen LogP contribution in [0.2, 0.25) is 5.02 Å². The molecule has 1 heterocycles. The van der Waals surface area contributed by atoms with Crippen LogP contribution in [0.25, 0.3) is 11.3 Å². The highest BCUT2D eigenvalue weighted by Crippen LogP contribution is 2.45. The van der Waals surface area contributed by atoms with Crippen LogP contribution in [-0.2, 0) is 4.79 Å². The molecule has 0 unspecified atom stereocenters. The molecular formula is C20H18ClN3O2. The predicted molar refractivity (Wildman–Crippen MR) is 102 cm³/mol. The first-order valence-electron chi connectivity index (χ1n) is 8.52. The van der Waals surface area contributed by atoms with Crippen molar-refractivity contribution in [3.8, 4) is 17.0 Å². The van der Waals surface area contributed by atoms with Gasteiger partial charge >= 0.3 is 0 Å². The largest absolute Gasteiger partial charge is 0.484 e. The maximum atomic E-state index is 12.4. The zero-order valence-corrected chi connectivity index (χ0v) is 14.8. The van der Waals surface area contributed by atoms with E-state index in [4.69, 9.17) is 16.3 Å². The zero-order valence-electron chi connectivity index (χ0n) is 14.0. The molecule has 1 amide bonds. The summed E-state index contributed by atoms with van der Waals surface area (Å²) < 4.78 is 5.53. The Morgan fingerprint density at radius 1 is 1.15 bits per heavy atom. The number of aromatic nitrogens is 2. The lowest BCUT2D eigenvalue weighted by atomic mass is 10.1.